The lowest BCUT2D eigenvalue weighted by molar-refractivity contribution is 0.340. The van der Waals surface area contributed by atoms with Gasteiger partial charge in [-0.25, -0.2) is 12.8 Å². The molecule has 0 unspecified atom stereocenters. The molecule has 0 atom stereocenters. The number of ether oxygens (including phenoxy) is 1. The van der Waals surface area contributed by atoms with Crippen LogP contribution in [-0.2, 0) is 10.0 Å². The number of sulfonamides is 1. The molecule has 2 aromatic rings. The van der Waals surface area contributed by atoms with E-state index in [0.29, 0.717) is 12.4 Å². The van der Waals surface area contributed by atoms with Crippen LogP contribution in [0.15, 0.2) is 53.4 Å². The molecule has 112 valence electrons. The van der Waals surface area contributed by atoms with Gasteiger partial charge in [-0.2, -0.15) is 0 Å². The van der Waals surface area contributed by atoms with Gasteiger partial charge in [-0.1, -0.05) is 6.07 Å². The van der Waals surface area contributed by atoms with Crippen molar-refractivity contribution in [3.63, 3.8) is 0 Å². The first-order valence-corrected chi connectivity index (χ1v) is 7.86. The molecule has 0 amide bonds. The molecular formula is C15H16FNO3S. The second-order valence-corrected chi connectivity index (χ2v) is 6.33. The van der Waals surface area contributed by atoms with Gasteiger partial charge in [-0.15, -0.1) is 0 Å². The average Bonchev–Trinajstić information content (AvgIpc) is 2.47. The highest BCUT2D eigenvalue weighted by Crippen LogP contribution is 2.24. The molecule has 6 heteroatoms. The largest absolute Gasteiger partial charge is 0.494 e. The summed E-state index contributed by atoms with van der Waals surface area (Å²) in [6.07, 6.45) is 0. The van der Waals surface area contributed by atoms with E-state index in [9.17, 15) is 12.8 Å². The third kappa shape index (κ3) is 3.33. The van der Waals surface area contributed by atoms with E-state index in [1.54, 1.807) is 12.1 Å². The van der Waals surface area contributed by atoms with Crippen molar-refractivity contribution >= 4 is 15.7 Å². The number of halogens is 1. The molecule has 0 aliphatic heterocycles. The molecule has 0 bridgehead atoms. The van der Waals surface area contributed by atoms with Crippen molar-refractivity contribution < 1.29 is 17.5 Å². The highest BCUT2D eigenvalue weighted by atomic mass is 32.2. The monoisotopic (exact) mass is 309 g/mol. The van der Waals surface area contributed by atoms with Crippen molar-refractivity contribution in [1.82, 2.24) is 0 Å². The number of nitrogens with zero attached hydrogens (tertiary/aromatic N) is 1. The minimum absolute atomic E-state index is 0.123. The average molecular weight is 309 g/mol. The summed E-state index contributed by atoms with van der Waals surface area (Å²) in [6, 6.07) is 11.6. The fraction of sp³-hybridized carbons (Fsp3) is 0.200. The Bertz CT molecular complexity index is 714. The fourth-order valence-electron chi connectivity index (χ4n) is 1.84. The lowest BCUT2D eigenvalue weighted by atomic mass is 10.3. The van der Waals surface area contributed by atoms with E-state index >= 15 is 0 Å². The van der Waals surface area contributed by atoms with E-state index in [-0.39, 0.29) is 10.6 Å². The highest BCUT2D eigenvalue weighted by Gasteiger charge is 2.21. The normalized spacial score (nSPS) is 11.2. The number of hydrogen-bond donors (Lipinski definition) is 0. The lowest BCUT2D eigenvalue weighted by Crippen LogP contribution is -2.26. The predicted molar refractivity (Wildman–Crippen MR) is 79.6 cm³/mol. The molecule has 0 heterocycles. The molecule has 0 N–H and O–H groups in total. The Morgan fingerprint density at radius 3 is 2.38 bits per heavy atom. The highest BCUT2D eigenvalue weighted by molar-refractivity contribution is 7.92. The standard InChI is InChI=1S/C15H16FNO3S/c1-3-20-14-7-9-15(10-8-14)21(18,19)17(2)13-6-4-5-12(16)11-13/h4-11H,3H2,1-2H3. The molecule has 0 fully saturated rings. The van der Waals surface area contributed by atoms with Gasteiger partial charge in [-0.05, 0) is 49.4 Å². The Morgan fingerprint density at radius 1 is 1.14 bits per heavy atom. The van der Waals surface area contributed by atoms with E-state index in [4.69, 9.17) is 4.74 Å². The predicted octanol–water partition coefficient (Wildman–Crippen LogP) is 3.05. The zero-order valence-corrected chi connectivity index (χ0v) is 12.6. The fourth-order valence-corrected chi connectivity index (χ4v) is 3.03. The topological polar surface area (TPSA) is 46.6 Å². The summed E-state index contributed by atoms with van der Waals surface area (Å²) in [4.78, 5) is 0.123. The maximum absolute atomic E-state index is 13.2. The molecule has 21 heavy (non-hydrogen) atoms. The molecule has 0 aliphatic rings. The first-order chi connectivity index (χ1) is 9.95. The quantitative estimate of drug-likeness (QED) is 0.853. The molecule has 2 rings (SSSR count). The molecule has 0 aromatic heterocycles. The summed E-state index contributed by atoms with van der Waals surface area (Å²) in [5.74, 6) is 0.117. The first kappa shape index (κ1) is 15.3. The van der Waals surface area contributed by atoms with Gasteiger partial charge in [0.2, 0.25) is 0 Å². The Morgan fingerprint density at radius 2 is 1.81 bits per heavy atom. The minimum Gasteiger partial charge on any atom is -0.494 e. The van der Waals surface area contributed by atoms with Crippen LogP contribution in [0.1, 0.15) is 6.92 Å². The van der Waals surface area contributed by atoms with Gasteiger partial charge in [0.15, 0.2) is 0 Å². The molecule has 4 nitrogen and oxygen atoms in total. The van der Waals surface area contributed by atoms with Crippen molar-refractivity contribution in [3.05, 3.63) is 54.3 Å². The van der Waals surface area contributed by atoms with Crippen LogP contribution in [0, 0.1) is 5.82 Å². The first-order valence-electron chi connectivity index (χ1n) is 6.42. The van der Waals surface area contributed by atoms with Gasteiger partial charge in [-0.3, -0.25) is 4.31 Å². The van der Waals surface area contributed by atoms with Gasteiger partial charge in [0.1, 0.15) is 11.6 Å². The van der Waals surface area contributed by atoms with Crippen molar-refractivity contribution in [3.8, 4) is 5.75 Å². The van der Waals surface area contributed by atoms with Crippen molar-refractivity contribution in [1.29, 1.82) is 0 Å². The van der Waals surface area contributed by atoms with E-state index in [0.717, 1.165) is 4.31 Å². The number of hydrogen-bond acceptors (Lipinski definition) is 3. The van der Waals surface area contributed by atoms with Gasteiger partial charge < -0.3 is 4.74 Å². The van der Waals surface area contributed by atoms with Crippen molar-refractivity contribution in [2.24, 2.45) is 0 Å². The second kappa shape index (κ2) is 6.13. The summed E-state index contributed by atoms with van der Waals surface area (Å²) in [5.41, 5.74) is 0.267. The Kier molecular flexibility index (Phi) is 4.47. The Hall–Kier alpha value is -2.08. The van der Waals surface area contributed by atoms with E-state index in [2.05, 4.69) is 0 Å². The van der Waals surface area contributed by atoms with Crippen molar-refractivity contribution in [2.75, 3.05) is 18.0 Å². The zero-order chi connectivity index (χ0) is 15.5. The molecule has 0 spiro atoms. The molecular weight excluding hydrogens is 293 g/mol. The second-order valence-electron chi connectivity index (χ2n) is 4.36. The maximum Gasteiger partial charge on any atom is 0.264 e. The Labute approximate surface area is 123 Å². The van der Waals surface area contributed by atoms with Crippen LogP contribution in [0.2, 0.25) is 0 Å². The van der Waals surface area contributed by atoms with Gasteiger partial charge in [0.05, 0.1) is 17.2 Å². The molecule has 0 radical (unpaired) electrons. The summed E-state index contributed by atoms with van der Waals surface area (Å²) in [6.45, 7) is 2.36. The lowest BCUT2D eigenvalue weighted by Gasteiger charge is -2.19. The van der Waals surface area contributed by atoms with Crippen LogP contribution in [0.4, 0.5) is 10.1 Å². The SMILES string of the molecule is CCOc1ccc(S(=O)(=O)N(C)c2cccc(F)c2)cc1. The van der Waals surface area contributed by atoms with E-state index in [1.807, 2.05) is 6.92 Å². The molecule has 0 aliphatic carbocycles. The summed E-state index contributed by atoms with van der Waals surface area (Å²) in [7, 11) is -2.34. The van der Waals surface area contributed by atoms with E-state index in [1.165, 1.54) is 43.4 Å². The summed E-state index contributed by atoms with van der Waals surface area (Å²) in [5, 5.41) is 0. The zero-order valence-electron chi connectivity index (χ0n) is 11.8. The van der Waals surface area contributed by atoms with Crippen molar-refractivity contribution in [2.45, 2.75) is 11.8 Å². The number of anilines is 1. The molecule has 0 saturated carbocycles. The van der Waals surface area contributed by atoms with Crippen LogP contribution >= 0.6 is 0 Å². The third-order valence-corrected chi connectivity index (χ3v) is 4.76. The van der Waals surface area contributed by atoms with Crippen LogP contribution in [-0.4, -0.2) is 22.1 Å². The molecule has 2 aromatic carbocycles. The van der Waals surface area contributed by atoms with Gasteiger partial charge in [0, 0.05) is 7.05 Å². The van der Waals surface area contributed by atoms with Gasteiger partial charge in [0.25, 0.3) is 10.0 Å². The van der Waals surface area contributed by atoms with E-state index < -0.39 is 15.8 Å². The van der Waals surface area contributed by atoms with Gasteiger partial charge >= 0.3 is 0 Å². The number of rotatable bonds is 5. The smallest absolute Gasteiger partial charge is 0.264 e. The minimum atomic E-state index is -3.73. The van der Waals surface area contributed by atoms with Crippen LogP contribution < -0.4 is 9.04 Å². The van der Waals surface area contributed by atoms with Crippen LogP contribution in [0.5, 0.6) is 5.75 Å². The molecule has 0 saturated heterocycles. The third-order valence-electron chi connectivity index (χ3n) is 2.96. The maximum atomic E-state index is 13.2. The van der Waals surface area contributed by atoms with Crippen LogP contribution in [0.3, 0.4) is 0 Å². The summed E-state index contributed by atoms with van der Waals surface area (Å²) < 4.78 is 44.5. The van der Waals surface area contributed by atoms with Crippen LogP contribution in [0.25, 0.3) is 0 Å². The Balaban J connectivity index is 2.32. The number of benzene rings is 2. The summed E-state index contributed by atoms with van der Waals surface area (Å²) >= 11 is 0.